The van der Waals surface area contributed by atoms with Crippen molar-refractivity contribution in [2.24, 2.45) is 5.73 Å². The fraction of sp³-hybridized carbons (Fsp3) is 0.467. The molecule has 0 saturated carbocycles. The van der Waals surface area contributed by atoms with E-state index in [4.69, 9.17) is 5.73 Å². The first-order valence-corrected chi connectivity index (χ1v) is 7.03. The minimum absolute atomic E-state index is 0. The Kier molecular flexibility index (Phi) is 7.19. The predicted molar refractivity (Wildman–Crippen MR) is 83.9 cm³/mol. The zero-order chi connectivity index (χ0) is 14.4. The molecule has 5 nitrogen and oxygen atoms in total. The number of benzene rings is 1. The highest BCUT2D eigenvalue weighted by Crippen LogP contribution is 2.13. The summed E-state index contributed by atoms with van der Waals surface area (Å²) in [6.07, 6.45) is 1.79. The molecule has 21 heavy (non-hydrogen) atoms. The molecule has 1 unspecified atom stereocenters. The Morgan fingerprint density at radius 2 is 2.05 bits per heavy atom. The molecule has 1 aliphatic rings. The average Bonchev–Trinajstić information content (AvgIpc) is 2.90. The lowest BCUT2D eigenvalue weighted by atomic mass is 10.1. The summed E-state index contributed by atoms with van der Waals surface area (Å²) in [5.74, 6) is -0.0463. The van der Waals surface area contributed by atoms with Crippen LogP contribution in [0.1, 0.15) is 24.8 Å². The molecule has 116 valence electrons. The second kappa shape index (κ2) is 8.64. The summed E-state index contributed by atoms with van der Waals surface area (Å²) < 4.78 is 0. The van der Waals surface area contributed by atoms with Gasteiger partial charge in [0.05, 0.1) is 0 Å². The third-order valence-corrected chi connectivity index (χ3v) is 3.45. The number of nitrogens with one attached hydrogen (secondary N) is 1. The van der Waals surface area contributed by atoms with Crippen molar-refractivity contribution in [3.8, 4) is 0 Å². The monoisotopic (exact) mass is 311 g/mol. The van der Waals surface area contributed by atoms with Gasteiger partial charge in [-0.1, -0.05) is 30.3 Å². The lowest BCUT2D eigenvalue weighted by Crippen LogP contribution is -2.44. The highest BCUT2D eigenvalue weighted by atomic mass is 35.5. The van der Waals surface area contributed by atoms with Crippen LogP contribution in [0, 0.1) is 0 Å². The maximum Gasteiger partial charge on any atom is 0.245 e. The lowest BCUT2D eigenvalue weighted by molar-refractivity contribution is -0.135. The van der Waals surface area contributed by atoms with E-state index in [0.717, 1.165) is 12.0 Å². The molecule has 0 aliphatic carbocycles. The van der Waals surface area contributed by atoms with Crippen LogP contribution in [0.4, 0.5) is 0 Å². The normalized spacial score (nSPS) is 17.0. The fourth-order valence-corrected chi connectivity index (χ4v) is 2.37. The Morgan fingerprint density at radius 1 is 1.33 bits per heavy atom. The molecular weight excluding hydrogens is 290 g/mol. The van der Waals surface area contributed by atoms with E-state index < -0.39 is 0 Å². The fourth-order valence-electron chi connectivity index (χ4n) is 2.37. The zero-order valence-electron chi connectivity index (χ0n) is 12.0. The molecule has 1 heterocycles. The summed E-state index contributed by atoms with van der Waals surface area (Å²) in [5.41, 5.74) is 6.62. The van der Waals surface area contributed by atoms with Gasteiger partial charge in [0.2, 0.25) is 11.8 Å². The summed E-state index contributed by atoms with van der Waals surface area (Å²) in [4.78, 5) is 25.5. The Labute approximate surface area is 131 Å². The standard InChI is InChI=1S/C15H21N3O2.ClH/c16-9-4-10-18(11-12-5-2-1-3-6-12)15(20)13-7-8-14(19)17-13;/h1-3,5-6,13H,4,7-11,16H2,(H,17,19);1H. The Morgan fingerprint density at radius 3 is 2.62 bits per heavy atom. The Balaban J connectivity index is 0.00000220. The molecule has 1 atom stereocenters. The van der Waals surface area contributed by atoms with Crippen LogP contribution >= 0.6 is 12.4 Å². The van der Waals surface area contributed by atoms with E-state index in [1.165, 1.54) is 0 Å². The highest BCUT2D eigenvalue weighted by Gasteiger charge is 2.30. The number of hydrogen-bond acceptors (Lipinski definition) is 3. The van der Waals surface area contributed by atoms with Crippen LogP contribution < -0.4 is 11.1 Å². The molecule has 1 saturated heterocycles. The second-order valence-electron chi connectivity index (χ2n) is 5.05. The van der Waals surface area contributed by atoms with E-state index in [0.29, 0.717) is 32.5 Å². The molecule has 1 fully saturated rings. The number of amides is 2. The third-order valence-electron chi connectivity index (χ3n) is 3.45. The summed E-state index contributed by atoms with van der Waals surface area (Å²) in [6, 6.07) is 9.49. The number of nitrogens with two attached hydrogens (primary N) is 1. The first-order chi connectivity index (χ1) is 9.70. The van der Waals surface area contributed by atoms with E-state index in [-0.39, 0.29) is 30.3 Å². The molecule has 0 aromatic heterocycles. The summed E-state index contributed by atoms with van der Waals surface area (Å²) >= 11 is 0. The van der Waals surface area contributed by atoms with Crippen molar-refractivity contribution in [1.82, 2.24) is 10.2 Å². The minimum Gasteiger partial charge on any atom is -0.344 e. The van der Waals surface area contributed by atoms with Gasteiger partial charge in [0, 0.05) is 19.5 Å². The summed E-state index contributed by atoms with van der Waals surface area (Å²) in [6.45, 7) is 1.73. The first-order valence-electron chi connectivity index (χ1n) is 7.03. The van der Waals surface area contributed by atoms with Gasteiger partial charge >= 0.3 is 0 Å². The van der Waals surface area contributed by atoms with Crippen molar-refractivity contribution < 1.29 is 9.59 Å². The van der Waals surface area contributed by atoms with Crippen molar-refractivity contribution in [3.05, 3.63) is 35.9 Å². The third kappa shape index (κ3) is 5.02. The van der Waals surface area contributed by atoms with E-state index >= 15 is 0 Å². The average molecular weight is 312 g/mol. The van der Waals surface area contributed by atoms with Gasteiger partial charge in [-0.05, 0) is 24.9 Å². The molecule has 2 rings (SSSR count). The molecule has 0 bridgehead atoms. The van der Waals surface area contributed by atoms with Gasteiger partial charge in [0.15, 0.2) is 0 Å². The van der Waals surface area contributed by atoms with Crippen LogP contribution in [-0.4, -0.2) is 35.8 Å². The smallest absolute Gasteiger partial charge is 0.245 e. The van der Waals surface area contributed by atoms with Gasteiger partial charge in [0.25, 0.3) is 0 Å². The summed E-state index contributed by atoms with van der Waals surface area (Å²) in [5, 5.41) is 2.73. The Hall–Kier alpha value is -1.59. The van der Waals surface area contributed by atoms with Gasteiger partial charge in [-0.25, -0.2) is 0 Å². The number of carbonyl (C=O) groups is 2. The molecule has 6 heteroatoms. The number of rotatable bonds is 6. The number of hydrogen-bond donors (Lipinski definition) is 2. The van der Waals surface area contributed by atoms with E-state index in [1.807, 2.05) is 30.3 Å². The molecule has 0 radical (unpaired) electrons. The number of halogens is 1. The number of carbonyl (C=O) groups excluding carboxylic acids is 2. The topological polar surface area (TPSA) is 75.4 Å². The molecular formula is C15H22ClN3O2. The van der Waals surface area contributed by atoms with E-state index in [1.54, 1.807) is 4.90 Å². The van der Waals surface area contributed by atoms with Gasteiger partial charge in [0.1, 0.15) is 6.04 Å². The van der Waals surface area contributed by atoms with E-state index in [9.17, 15) is 9.59 Å². The van der Waals surface area contributed by atoms with Crippen molar-refractivity contribution >= 4 is 24.2 Å². The van der Waals surface area contributed by atoms with Gasteiger partial charge in [-0.2, -0.15) is 0 Å². The van der Waals surface area contributed by atoms with E-state index in [2.05, 4.69) is 5.32 Å². The highest BCUT2D eigenvalue weighted by molar-refractivity contribution is 5.90. The van der Waals surface area contributed by atoms with Crippen LogP contribution in [0.5, 0.6) is 0 Å². The predicted octanol–water partition coefficient (Wildman–Crippen LogP) is 1.06. The lowest BCUT2D eigenvalue weighted by Gasteiger charge is -2.25. The van der Waals surface area contributed by atoms with Crippen LogP contribution in [0.15, 0.2) is 30.3 Å². The molecule has 2 amide bonds. The maximum absolute atomic E-state index is 12.5. The summed E-state index contributed by atoms with van der Waals surface area (Å²) in [7, 11) is 0. The zero-order valence-corrected chi connectivity index (χ0v) is 12.8. The van der Waals surface area contributed by atoms with Crippen LogP contribution in [0.25, 0.3) is 0 Å². The van der Waals surface area contributed by atoms with Crippen LogP contribution in [-0.2, 0) is 16.1 Å². The van der Waals surface area contributed by atoms with Gasteiger partial charge in [-0.3, -0.25) is 9.59 Å². The van der Waals surface area contributed by atoms with Crippen LogP contribution in [0.3, 0.4) is 0 Å². The van der Waals surface area contributed by atoms with Crippen molar-refractivity contribution in [2.45, 2.75) is 31.8 Å². The largest absolute Gasteiger partial charge is 0.344 e. The second-order valence-corrected chi connectivity index (χ2v) is 5.05. The minimum atomic E-state index is -0.371. The van der Waals surface area contributed by atoms with Gasteiger partial charge in [-0.15, -0.1) is 12.4 Å². The van der Waals surface area contributed by atoms with Crippen LogP contribution in [0.2, 0.25) is 0 Å². The molecule has 1 aliphatic heterocycles. The van der Waals surface area contributed by atoms with Crippen molar-refractivity contribution in [3.63, 3.8) is 0 Å². The first kappa shape index (κ1) is 17.5. The van der Waals surface area contributed by atoms with Crippen molar-refractivity contribution in [2.75, 3.05) is 13.1 Å². The molecule has 1 aromatic carbocycles. The maximum atomic E-state index is 12.5. The molecule has 1 aromatic rings. The SMILES string of the molecule is Cl.NCCCN(Cc1ccccc1)C(=O)C1CCC(=O)N1. The quantitative estimate of drug-likeness (QED) is 0.825. The van der Waals surface area contributed by atoms with Crippen molar-refractivity contribution in [1.29, 1.82) is 0 Å². The number of nitrogens with zero attached hydrogens (tertiary/aromatic N) is 1. The Bertz CT molecular complexity index is 467. The molecule has 3 N–H and O–H groups in total. The molecule has 0 spiro atoms. The van der Waals surface area contributed by atoms with Gasteiger partial charge < -0.3 is 16.0 Å².